The van der Waals surface area contributed by atoms with Crippen molar-refractivity contribution < 1.29 is 23.9 Å². The van der Waals surface area contributed by atoms with E-state index in [0.29, 0.717) is 0 Å². The molecular formula is C10H18N2O5. The zero-order valence-electron chi connectivity index (χ0n) is 10.2. The van der Waals surface area contributed by atoms with E-state index in [2.05, 4.69) is 14.8 Å². The quantitative estimate of drug-likeness (QED) is 0.457. The van der Waals surface area contributed by atoms with Gasteiger partial charge in [0, 0.05) is 0 Å². The molecule has 0 saturated carbocycles. The predicted molar refractivity (Wildman–Crippen MR) is 58.8 cm³/mol. The summed E-state index contributed by atoms with van der Waals surface area (Å²) in [5, 5.41) is 2.17. The van der Waals surface area contributed by atoms with Crippen LogP contribution in [0.5, 0.6) is 0 Å². The van der Waals surface area contributed by atoms with E-state index >= 15 is 0 Å². The fraction of sp³-hybridized carbons (Fsp3) is 0.700. The van der Waals surface area contributed by atoms with Crippen LogP contribution in [-0.2, 0) is 23.9 Å². The molecular weight excluding hydrogens is 228 g/mol. The van der Waals surface area contributed by atoms with Gasteiger partial charge in [0.15, 0.2) is 0 Å². The summed E-state index contributed by atoms with van der Waals surface area (Å²) in [5.74, 6) is -2.35. The van der Waals surface area contributed by atoms with Crippen molar-refractivity contribution in [1.82, 2.24) is 5.32 Å². The maximum atomic E-state index is 11.4. The highest BCUT2D eigenvalue weighted by Crippen LogP contribution is 1.95. The molecule has 1 unspecified atom stereocenters. The lowest BCUT2D eigenvalue weighted by molar-refractivity contribution is -0.159. The van der Waals surface area contributed by atoms with E-state index in [0.717, 1.165) is 0 Å². The van der Waals surface area contributed by atoms with Crippen LogP contribution in [0.2, 0.25) is 0 Å². The van der Waals surface area contributed by atoms with Gasteiger partial charge in [0.05, 0.1) is 19.3 Å². The van der Waals surface area contributed by atoms with Gasteiger partial charge in [0.1, 0.15) is 0 Å². The summed E-state index contributed by atoms with van der Waals surface area (Å²) in [7, 11) is 0. The summed E-state index contributed by atoms with van der Waals surface area (Å²) < 4.78 is 9.31. The van der Waals surface area contributed by atoms with Gasteiger partial charge in [-0.15, -0.1) is 0 Å². The Kier molecular flexibility index (Phi) is 6.88. The molecule has 7 heteroatoms. The first-order valence-electron chi connectivity index (χ1n) is 5.33. The average molecular weight is 246 g/mol. The van der Waals surface area contributed by atoms with Gasteiger partial charge in [-0.05, 0) is 20.8 Å². The first-order chi connectivity index (χ1) is 7.93. The van der Waals surface area contributed by atoms with Crippen LogP contribution in [0, 0.1) is 0 Å². The van der Waals surface area contributed by atoms with Crippen LogP contribution < -0.4 is 11.1 Å². The second kappa shape index (κ2) is 7.61. The standard InChI is InChI=1S/C10H18N2O5/c1-4-16-9(14)7(10(15)17-5-2)12-8(13)6(3)11/h6-7H,4-5,11H2,1-3H3,(H,12,13). The smallest absolute Gasteiger partial charge is 0.340 e. The number of rotatable bonds is 6. The second-order valence-corrected chi connectivity index (χ2v) is 3.23. The van der Waals surface area contributed by atoms with Crippen LogP contribution in [0.15, 0.2) is 0 Å². The van der Waals surface area contributed by atoms with Crippen LogP contribution >= 0.6 is 0 Å². The largest absolute Gasteiger partial charge is 0.464 e. The topological polar surface area (TPSA) is 108 Å². The molecule has 0 aromatic carbocycles. The Hall–Kier alpha value is -1.63. The molecule has 3 N–H and O–H groups in total. The molecule has 0 aliphatic heterocycles. The third kappa shape index (κ3) is 5.30. The fourth-order valence-electron chi connectivity index (χ4n) is 0.939. The number of nitrogens with two attached hydrogens (primary N) is 1. The summed E-state index contributed by atoms with van der Waals surface area (Å²) in [5.41, 5.74) is 5.32. The Morgan fingerprint density at radius 2 is 1.53 bits per heavy atom. The van der Waals surface area contributed by atoms with Crippen molar-refractivity contribution in [3.63, 3.8) is 0 Å². The average Bonchev–Trinajstić information content (AvgIpc) is 2.25. The fourth-order valence-corrected chi connectivity index (χ4v) is 0.939. The van der Waals surface area contributed by atoms with Gasteiger partial charge in [0.2, 0.25) is 11.9 Å². The molecule has 0 aliphatic rings. The molecule has 0 spiro atoms. The number of esters is 2. The monoisotopic (exact) mass is 246 g/mol. The highest BCUT2D eigenvalue weighted by molar-refractivity contribution is 6.02. The first-order valence-corrected chi connectivity index (χ1v) is 5.33. The lowest BCUT2D eigenvalue weighted by atomic mass is 10.2. The summed E-state index contributed by atoms with van der Waals surface area (Å²) in [6.07, 6.45) is 0. The zero-order valence-corrected chi connectivity index (χ0v) is 10.2. The van der Waals surface area contributed by atoms with Gasteiger partial charge in [-0.3, -0.25) is 4.79 Å². The molecule has 7 nitrogen and oxygen atoms in total. The van der Waals surface area contributed by atoms with Crippen molar-refractivity contribution in [3.8, 4) is 0 Å². The van der Waals surface area contributed by atoms with E-state index in [4.69, 9.17) is 5.73 Å². The normalized spacial score (nSPS) is 11.8. The number of carbonyl (C=O) groups excluding carboxylic acids is 3. The van der Waals surface area contributed by atoms with Crippen molar-refractivity contribution in [2.75, 3.05) is 13.2 Å². The van der Waals surface area contributed by atoms with E-state index in [9.17, 15) is 14.4 Å². The summed E-state index contributed by atoms with van der Waals surface area (Å²) in [4.78, 5) is 34.2. The van der Waals surface area contributed by atoms with Gasteiger partial charge in [-0.1, -0.05) is 0 Å². The molecule has 1 atom stereocenters. The second-order valence-electron chi connectivity index (χ2n) is 3.23. The summed E-state index contributed by atoms with van der Waals surface area (Å²) in [6.45, 7) is 4.81. The van der Waals surface area contributed by atoms with Crippen molar-refractivity contribution in [3.05, 3.63) is 0 Å². The molecule has 0 saturated heterocycles. The SMILES string of the molecule is CCOC(=O)C(NC(=O)C(C)N)C(=O)OCC. The number of amides is 1. The third-order valence-corrected chi connectivity index (χ3v) is 1.74. The van der Waals surface area contributed by atoms with Crippen molar-refractivity contribution in [1.29, 1.82) is 0 Å². The molecule has 17 heavy (non-hydrogen) atoms. The van der Waals surface area contributed by atoms with Gasteiger partial charge < -0.3 is 20.5 Å². The number of hydrogen-bond acceptors (Lipinski definition) is 6. The number of carbonyl (C=O) groups is 3. The van der Waals surface area contributed by atoms with E-state index < -0.39 is 29.9 Å². The molecule has 0 radical (unpaired) electrons. The molecule has 0 fully saturated rings. The molecule has 0 bridgehead atoms. The third-order valence-electron chi connectivity index (χ3n) is 1.74. The van der Waals surface area contributed by atoms with Gasteiger partial charge >= 0.3 is 11.9 Å². The minimum atomic E-state index is -1.46. The molecule has 0 aliphatic carbocycles. The highest BCUT2D eigenvalue weighted by Gasteiger charge is 2.31. The van der Waals surface area contributed by atoms with Gasteiger partial charge in [-0.25, -0.2) is 9.59 Å². The Labute approximate surface area is 99.6 Å². The zero-order chi connectivity index (χ0) is 13.4. The van der Waals surface area contributed by atoms with Crippen LogP contribution in [-0.4, -0.2) is 43.1 Å². The summed E-state index contributed by atoms with van der Waals surface area (Å²) in [6, 6.07) is -2.30. The number of hydrogen-bond donors (Lipinski definition) is 2. The minimum absolute atomic E-state index is 0.1000. The molecule has 0 rings (SSSR count). The van der Waals surface area contributed by atoms with E-state index in [-0.39, 0.29) is 13.2 Å². The molecule has 98 valence electrons. The minimum Gasteiger partial charge on any atom is -0.464 e. The van der Waals surface area contributed by atoms with Crippen molar-refractivity contribution >= 4 is 17.8 Å². The maximum Gasteiger partial charge on any atom is 0.340 e. The van der Waals surface area contributed by atoms with Crippen LogP contribution in [0.1, 0.15) is 20.8 Å². The lowest BCUT2D eigenvalue weighted by Crippen LogP contribution is -2.52. The van der Waals surface area contributed by atoms with Gasteiger partial charge in [0.25, 0.3) is 0 Å². The molecule has 0 aromatic rings. The van der Waals surface area contributed by atoms with E-state index in [1.165, 1.54) is 6.92 Å². The summed E-state index contributed by atoms with van der Waals surface area (Å²) >= 11 is 0. The maximum absolute atomic E-state index is 11.4. The van der Waals surface area contributed by atoms with E-state index in [1.807, 2.05) is 0 Å². The van der Waals surface area contributed by atoms with Crippen molar-refractivity contribution in [2.24, 2.45) is 5.73 Å². The lowest BCUT2D eigenvalue weighted by Gasteiger charge is -2.16. The molecule has 0 heterocycles. The number of ether oxygens (including phenoxy) is 2. The van der Waals surface area contributed by atoms with Crippen LogP contribution in [0.25, 0.3) is 0 Å². The Balaban J connectivity index is 4.67. The Morgan fingerprint density at radius 3 is 1.82 bits per heavy atom. The highest BCUT2D eigenvalue weighted by atomic mass is 16.6. The predicted octanol–water partition coefficient (Wildman–Crippen LogP) is -1.06. The van der Waals surface area contributed by atoms with Crippen LogP contribution in [0.3, 0.4) is 0 Å². The van der Waals surface area contributed by atoms with Crippen LogP contribution in [0.4, 0.5) is 0 Å². The van der Waals surface area contributed by atoms with Crippen molar-refractivity contribution in [2.45, 2.75) is 32.9 Å². The molecule has 1 amide bonds. The van der Waals surface area contributed by atoms with E-state index in [1.54, 1.807) is 13.8 Å². The van der Waals surface area contributed by atoms with Gasteiger partial charge in [-0.2, -0.15) is 0 Å². The first kappa shape index (κ1) is 15.4. The number of nitrogens with one attached hydrogen (secondary N) is 1. The molecule has 0 aromatic heterocycles. The Bertz CT molecular complexity index is 272. The Morgan fingerprint density at radius 1 is 1.12 bits per heavy atom.